The monoisotopic (exact) mass is 316 g/mol. The van der Waals surface area contributed by atoms with Crippen LogP contribution >= 0.6 is 11.8 Å². The zero-order valence-electron chi connectivity index (χ0n) is 12.6. The molecule has 1 atom stereocenters. The fourth-order valence-electron chi connectivity index (χ4n) is 2.56. The predicted molar refractivity (Wildman–Crippen MR) is 90.2 cm³/mol. The number of rotatable bonds is 4. The second-order valence-corrected chi connectivity index (χ2v) is 6.47. The highest BCUT2D eigenvalue weighted by Crippen LogP contribution is 2.29. The first-order valence-corrected chi connectivity index (χ1v) is 8.61. The smallest absolute Gasteiger partial charge is 0.233 e. The third kappa shape index (κ3) is 3.32. The minimum absolute atomic E-state index is 0.0989. The molecule has 1 aliphatic heterocycles. The van der Waals surface area contributed by atoms with Crippen molar-refractivity contribution in [2.45, 2.75) is 36.6 Å². The largest absolute Gasteiger partial charge is 0.370 e. The third-order valence-electron chi connectivity index (χ3n) is 3.66. The van der Waals surface area contributed by atoms with E-state index in [1.807, 2.05) is 31.2 Å². The summed E-state index contributed by atoms with van der Waals surface area (Å²) in [5, 5.41) is 7.83. The topological polar surface area (TPSA) is 66.9 Å². The SMILES string of the molecule is CCNc1nc(S[C@H]2CCCCNC2=O)nc2ccccc12. The van der Waals surface area contributed by atoms with Crippen molar-refractivity contribution in [2.24, 2.45) is 0 Å². The number of thioether (sulfide) groups is 1. The molecule has 5 nitrogen and oxygen atoms in total. The summed E-state index contributed by atoms with van der Waals surface area (Å²) in [6, 6.07) is 7.95. The number of benzene rings is 1. The molecule has 2 heterocycles. The van der Waals surface area contributed by atoms with E-state index in [0.717, 1.165) is 49.1 Å². The average Bonchev–Trinajstić information content (AvgIpc) is 2.73. The molecule has 0 saturated carbocycles. The number of fused-ring (bicyclic) bond motifs is 1. The molecule has 1 aliphatic rings. The number of nitrogens with one attached hydrogen (secondary N) is 2. The summed E-state index contributed by atoms with van der Waals surface area (Å²) in [4.78, 5) is 21.3. The van der Waals surface area contributed by atoms with Gasteiger partial charge in [-0.15, -0.1) is 0 Å². The van der Waals surface area contributed by atoms with Crippen molar-refractivity contribution in [1.82, 2.24) is 15.3 Å². The van der Waals surface area contributed by atoms with Crippen molar-refractivity contribution in [3.05, 3.63) is 24.3 Å². The second kappa shape index (κ2) is 6.96. The highest BCUT2D eigenvalue weighted by Gasteiger charge is 2.23. The molecule has 6 heteroatoms. The van der Waals surface area contributed by atoms with Crippen LogP contribution in [0.25, 0.3) is 10.9 Å². The molecule has 0 spiro atoms. The van der Waals surface area contributed by atoms with Crippen molar-refractivity contribution in [2.75, 3.05) is 18.4 Å². The van der Waals surface area contributed by atoms with Crippen LogP contribution < -0.4 is 10.6 Å². The van der Waals surface area contributed by atoms with E-state index in [0.29, 0.717) is 5.16 Å². The van der Waals surface area contributed by atoms with E-state index in [-0.39, 0.29) is 11.2 Å². The van der Waals surface area contributed by atoms with Crippen LogP contribution in [0, 0.1) is 0 Å². The van der Waals surface area contributed by atoms with Crippen molar-refractivity contribution in [1.29, 1.82) is 0 Å². The number of nitrogens with zero attached hydrogens (tertiary/aromatic N) is 2. The van der Waals surface area contributed by atoms with Crippen LogP contribution in [-0.2, 0) is 4.79 Å². The third-order valence-corrected chi connectivity index (χ3v) is 4.79. The summed E-state index contributed by atoms with van der Waals surface area (Å²) >= 11 is 1.47. The van der Waals surface area contributed by atoms with Crippen LogP contribution in [0.2, 0.25) is 0 Å². The number of carbonyl (C=O) groups excluding carboxylic acids is 1. The first-order chi connectivity index (χ1) is 10.8. The molecular formula is C16H20N4OS. The van der Waals surface area contributed by atoms with Crippen LogP contribution in [0.5, 0.6) is 0 Å². The molecule has 2 aromatic rings. The second-order valence-electron chi connectivity index (χ2n) is 5.30. The summed E-state index contributed by atoms with van der Waals surface area (Å²) < 4.78 is 0. The van der Waals surface area contributed by atoms with Gasteiger partial charge in [0.15, 0.2) is 5.16 Å². The first kappa shape index (κ1) is 15.1. The summed E-state index contributed by atoms with van der Waals surface area (Å²) in [5.41, 5.74) is 0.907. The Kier molecular flexibility index (Phi) is 4.77. The number of amides is 1. The maximum absolute atomic E-state index is 12.1. The molecule has 1 aromatic heterocycles. The van der Waals surface area contributed by atoms with Gasteiger partial charge in [0.25, 0.3) is 0 Å². The summed E-state index contributed by atoms with van der Waals surface area (Å²) in [7, 11) is 0. The minimum Gasteiger partial charge on any atom is -0.370 e. The molecule has 22 heavy (non-hydrogen) atoms. The van der Waals surface area contributed by atoms with E-state index in [9.17, 15) is 4.79 Å². The maximum atomic E-state index is 12.1. The molecule has 1 aromatic carbocycles. The quantitative estimate of drug-likeness (QED) is 0.849. The Hall–Kier alpha value is -1.82. The Morgan fingerprint density at radius 1 is 1.32 bits per heavy atom. The highest BCUT2D eigenvalue weighted by molar-refractivity contribution is 8.00. The number of anilines is 1. The summed E-state index contributed by atoms with van der Waals surface area (Å²) in [5.74, 6) is 0.939. The lowest BCUT2D eigenvalue weighted by Crippen LogP contribution is -2.30. The van der Waals surface area contributed by atoms with E-state index >= 15 is 0 Å². The summed E-state index contributed by atoms with van der Waals surface area (Å²) in [6.07, 6.45) is 2.98. The molecule has 1 amide bonds. The Balaban J connectivity index is 1.91. The van der Waals surface area contributed by atoms with Gasteiger partial charge in [0.2, 0.25) is 5.91 Å². The van der Waals surface area contributed by atoms with Gasteiger partial charge < -0.3 is 10.6 Å². The normalized spacial score (nSPS) is 18.8. The Morgan fingerprint density at radius 3 is 3.05 bits per heavy atom. The lowest BCUT2D eigenvalue weighted by molar-refractivity contribution is -0.120. The lowest BCUT2D eigenvalue weighted by atomic mass is 10.2. The number of hydrogen-bond acceptors (Lipinski definition) is 5. The molecule has 0 radical (unpaired) electrons. The molecule has 2 N–H and O–H groups in total. The van der Waals surface area contributed by atoms with Crippen molar-refractivity contribution < 1.29 is 4.79 Å². The van der Waals surface area contributed by atoms with E-state index in [2.05, 4.69) is 20.6 Å². The Morgan fingerprint density at radius 2 is 2.18 bits per heavy atom. The molecule has 1 saturated heterocycles. The van der Waals surface area contributed by atoms with Gasteiger partial charge in [-0.2, -0.15) is 0 Å². The minimum atomic E-state index is -0.0989. The van der Waals surface area contributed by atoms with Crippen molar-refractivity contribution in [3.63, 3.8) is 0 Å². The van der Waals surface area contributed by atoms with Gasteiger partial charge in [0.05, 0.1) is 10.8 Å². The molecule has 3 rings (SSSR count). The number of hydrogen-bond donors (Lipinski definition) is 2. The predicted octanol–water partition coefficient (Wildman–Crippen LogP) is 2.82. The maximum Gasteiger partial charge on any atom is 0.233 e. The number of aromatic nitrogens is 2. The van der Waals surface area contributed by atoms with Crippen LogP contribution in [0.1, 0.15) is 26.2 Å². The van der Waals surface area contributed by atoms with Gasteiger partial charge >= 0.3 is 0 Å². The lowest BCUT2D eigenvalue weighted by Gasteiger charge is -2.13. The molecular weight excluding hydrogens is 296 g/mol. The van der Waals surface area contributed by atoms with Gasteiger partial charge in [-0.05, 0) is 31.9 Å². The molecule has 1 fully saturated rings. The van der Waals surface area contributed by atoms with Gasteiger partial charge in [0, 0.05) is 18.5 Å². The first-order valence-electron chi connectivity index (χ1n) is 7.73. The van der Waals surface area contributed by atoms with E-state index in [1.165, 1.54) is 11.8 Å². The van der Waals surface area contributed by atoms with Crippen LogP contribution in [0.3, 0.4) is 0 Å². The summed E-state index contributed by atoms with van der Waals surface area (Å²) in [6.45, 7) is 3.62. The standard InChI is InChI=1S/C16H20N4OS/c1-2-17-14-11-7-3-4-8-12(11)19-16(20-14)22-13-9-5-6-10-18-15(13)21/h3-4,7-8,13H,2,5-6,9-10H2,1H3,(H,18,21)(H,17,19,20)/t13-/m0/s1. The number of para-hydroxylation sites is 1. The zero-order valence-corrected chi connectivity index (χ0v) is 13.4. The van der Waals surface area contributed by atoms with Crippen molar-refractivity contribution >= 4 is 34.4 Å². The number of carbonyl (C=O) groups is 1. The van der Waals surface area contributed by atoms with E-state index < -0.39 is 0 Å². The molecule has 0 unspecified atom stereocenters. The van der Waals surface area contributed by atoms with Crippen molar-refractivity contribution in [3.8, 4) is 0 Å². The van der Waals surface area contributed by atoms with Crippen LogP contribution in [-0.4, -0.2) is 34.2 Å². The zero-order chi connectivity index (χ0) is 15.4. The molecule has 0 bridgehead atoms. The Labute approximate surface area is 134 Å². The highest BCUT2D eigenvalue weighted by atomic mass is 32.2. The van der Waals surface area contributed by atoms with E-state index in [4.69, 9.17) is 0 Å². The van der Waals surface area contributed by atoms with Gasteiger partial charge in [0.1, 0.15) is 5.82 Å². The van der Waals surface area contributed by atoms with E-state index in [1.54, 1.807) is 0 Å². The fraction of sp³-hybridized carbons (Fsp3) is 0.438. The molecule has 116 valence electrons. The fourth-order valence-corrected chi connectivity index (χ4v) is 3.59. The van der Waals surface area contributed by atoms with Gasteiger partial charge in [-0.1, -0.05) is 30.3 Å². The van der Waals surface area contributed by atoms with Gasteiger partial charge in [-0.3, -0.25) is 4.79 Å². The van der Waals surface area contributed by atoms with Crippen LogP contribution in [0.4, 0.5) is 5.82 Å². The Bertz CT molecular complexity index is 676. The van der Waals surface area contributed by atoms with Crippen LogP contribution in [0.15, 0.2) is 29.4 Å². The van der Waals surface area contributed by atoms with Gasteiger partial charge in [-0.25, -0.2) is 9.97 Å². The average molecular weight is 316 g/mol. The molecule has 0 aliphatic carbocycles.